The average Bonchev–Trinajstić information content (AvgIpc) is 2.92. The minimum absolute atomic E-state index is 0.156. The van der Waals surface area contributed by atoms with Crippen LogP contribution in [0.15, 0.2) is 36.9 Å². The summed E-state index contributed by atoms with van der Waals surface area (Å²) in [5.41, 5.74) is 1.64. The first-order valence-corrected chi connectivity index (χ1v) is 5.60. The molecular formula is C13H13NO3. The summed E-state index contributed by atoms with van der Waals surface area (Å²) >= 11 is 0. The Labute approximate surface area is 99.4 Å². The van der Waals surface area contributed by atoms with Crippen LogP contribution in [0.1, 0.15) is 5.56 Å². The van der Waals surface area contributed by atoms with E-state index in [0.29, 0.717) is 19.8 Å². The highest BCUT2D eigenvalue weighted by Crippen LogP contribution is 2.45. The number of hydrogen-bond donors (Lipinski definition) is 0. The summed E-state index contributed by atoms with van der Waals surface area (Å²) in [6.07, 6.45) is 1.70. The normalized spacial score (nSPS) is 20.9. The molecule has 0 bridgehead atoms. The molecule has 2 aliphatic heterocycles. The van der Waals surface area contributed by atoms with Gasteiger partial charge in [-0.05, 0) is 6.07 Å². The fraction of sp³-hybridized carbons (Fsp3) is 0.308. The van der Waals surface area contributed by atoms with Gasteiger partial charge in [-0.15, -0.1) is 6.58 Å². The van der Waals surface area contributed by atoms with Crippen molar-refractivity contribution in [2.45, 2.75) is 5.79 Å². The summed E-state index contributed by atoms with van der Waals surface area (Å²) in [7, 11) is 0. The van der Waals surface area contributed by atoms with Crippen LogP contribution in [0.5, 0.6) is 0 Å². The molecule has 17 heavy (non-hydrogen) atoms. The van der Waals surface area contributed by atoms with Crippen molar-refractivity contribution in [2.75, 3.05) is 24.7 Å². The number of benzene rings is 1. The van der Waals surface area contributed by atoms with E-state index in [1.165, 1.54) is 0 Å². The second-order valence-corrected chi connectivity index (χ2v) is 4.04. The molecule has 1 amide bonds. The number of anilines is 1. The quantitative estimate of drug-likeness (QED) is 0.722. The van der Waals surface area contributed by atoms with Crippen molar-refractivity contribution < 1.29 is 14.3 Å². The molecule has 0 radical (unpaired) electrons. The van der Waals surface area contributed by atoms with Crippen LogP contribution in [0, 0.1) is 0 Å². The van der Waals surface area contributed by atoms with Crippen molar-refractivity contribution >= 4 is 11.6 Å². The minimum Gasteiger partial charge on any atom is -0.336 e. The van der Waals surface area contributed by atoms with Gasteiger partial charge < -0.3 is 14.4 Å². The molecule has 1 spiro atoms. The molecular weight excluding hydrogens is 218 g/mol. The zero-order valence-corrected chi connectivity index (χ0v) is 9.39. The maximum Gasteiger partial charge on any atom is 0.292 e. The molecule has 1 aromatic rings. The topological polar surface area (TPSA) is 38.8 Å². The Morgan fingerprint density at radius 2 is 2.06 bits per heavy atom. The third kappa shape index (κ3) is 1.28. The first kappa shape index (κ1) is 10.5. The molecule has 1 fully saturated rings. The monoisotopic (exact) mass is 231 g/mol. The van der Waals surface area contributed by atoms with Gasteiger partial charge in [-0.3, -0.25) is 4.79 Å². The molecule has 1 saturated heterocycles. The van der Waals surface area contributed by atoms with E-state index in [2.05, 4.69) is 6.58 Å². The van der Waals surface area contributed by atoms with E-state index in [-0.39, 0.29) is 5.91 Å². The van der Waals surface area contributed by atoms with Crippen LogP contribution in [0.3, 0.4) is 0 Å². The van der Waals surface area contributed by atoms with E-state index in [0.717, 1.165) is 11.3 Å². The van der Waals surface area contributed by atoms with E-state index >= 15 is 0 Å². The third-order valence-electron chi connectivity index (χ3n) is 3.08. The highest BCUT2D eigenvalue weighted by atomic mass is 16.7. The van der Waals surface area contributed by atoms with Gasteiger partial charge in [0.2, 0.25) is 0 Å². The lowest BCUT2D eigenvalue weighted by atomic mass is 10.1. The Balaban J connectivity index is 2.14. The van der Waals surface area contributed by atoms with Gasteiger partial charge in [0.15, 0.2) is 0 Å². The van der Waals surface area contributed by atoms with Gasteiger partial charge in [-0.25, -0.2) is 0 Å². The lowest BCUT2D eigenvalue weighted by Crippen LogP contribution is -2.41. The number of para-hydroxylation sites is 1. The van der Waals surface area contributed by atoms with E-state index in [1.807, 2.05) is 24.3 Å². The van der Waals surface area contributed by atoms with Crippen molar-refractivity contribution in [2.24, 2.45) is 0 Å². The third-order valence-corrected chi connectivity index (χ3v) is 3.08. The molecule has 1 aromatic carbocycles. The smallest absolute Gasteiger partial charge is 0.292 e. The zero-order valence-electron chi connectivity index (χ0n) is 9.39. The molecule has 2 heterocycles. The maximum absolute atomic E-state index is 12.4. The summed E-state index contributed by atoms with van der Waals surface area (Å²) in [6.45, 7) is 5.03. The Bertz CT molecular complexity index is 477. The van der Waals surface area contributed by atoms with E-state index in [4.69, 9.17) is 9.47 Å². The number of hydrogen-bond acceptors (Lipinski definition) is 3. The van der Waals surface area contributed by atoms with Crippen LogP contribution < -0.4 is 4.90 Å². The SMILES string of the molecule is C=CCN1C(=O)C2(OCCO2)c2ccccc21. The number of ether oxygens (including phenoxy) is 2. The van der Waals surface area contributed by atoms with Crippen molar-refractivity contribution in [3.63, 3.8) is 0 Å². The van der Waals surface area contributed by atoms with Crippen LogP contribution in [0.4, 0.5) is 5.69 Å². The summed E-state index contributed by atoms with van der Waals surface area (Å²) in [4.78, 5) is 14.1. The van der Waals surface area contributed by atoms with Gasteiger partial charge in [0.1, 0.15) is 0 Å². The average molecular weight is 231 g/mol. The van der Waals surface area contributed by atoms with Crippen LogP contribution in [-0.4, -0.2) is 25.7 Å². The molecule has 4 heteroatoms. The number of fused-ring (bicyclic) bond motifs is 2. The fourth-order valence-electron chi connectivity index (χ4n) is 2.39. The summed E-state index contributed by atoms with van der Waals surface area (Å²) < 4.78 is 11.1. The number of carbonyl (C=O) groups excluding carboxylic acids is 1. The van der Waals surface area contributed by atoms with E-state index < -0.39 is 5.79 Å². The van der Waals surface area contributed by atoms with Crippen LogP contribution in [-0.2, 0) is 20.1 Å². The van der Waals surface area contributed by atoms with Gasteiger partial charge in [0.05, 0.1) is 18.9 Å². The van der Waals surface area contributed by atoms with E-state index in [9.17, 15) is 4.79 Å². The molecule has 2 aliphatic rings. The van der Waals surface area contributed by atoms with Crippen molar-refractivity contribution in [1.82, 2.24) is 0 Å². The van der Waals surface area contributed by atoms with Crippen LogP contribution >= 0.6 is 0 Å². The number of carbonyl (C=O) groups is 1. The number of amides is 1. The van der Waals surface area contributed by atoms with Gasteiger partial charge in [0.25, 0.3) is 11.7 Å². The van der Waals surface area contributed by atoms with Crippen molar-refractivity contribution in [3.8, 4) is 0 Å². The summed E-state index contributed by atoms with van der Waals surface area (Å²) in [5.74, 6) is -1.37. The molecule has 0 aromatic heterocycles. The molecule has 3 rings (SSSR count). The highest BCUT2D eigenvalue weighted by Gasteiger charge is 2.55. The fourth-order valence-corrected chi connectivity index (χ4v) is 2.39. The molecule has 0 N–H and O–H groups in total. The van der Waals surface area contributed by atoms with Crippen LogP contribution in [0.25, 0.3) is 0 Å². The number of nitrogens with zero attached hydrogens (tertiary/aromatic N) is 1. The Kier molecular flexibility index (Phi) is 2.28. The maximum atomic E-state index is 12.4. The zero-order chi connectivity index (χ0) is 11.9. The second-order valence-electron chi connectivity index (χ2n) is 4.04. The standard InChI is InChI=1S/C13H13NO3/c1-2-7-14-11-6-4-3-5-10(11)13(12(14)15)16-8-9-17-13/h2-6H,1,7-9H2. The van der Waals surface area contributed by atoms with Gasteiger partial charge in [-0.2, -0.15) is 0 Å². The highest BCUT2D eigenvalue weighted by molar-refractivity contribution is 6.06. The largest absolute Gasteiger partial charge is 0.336 e. The van der Waals surface area contributed by atoms with Crippen molar-refractivity contribution in [1.29, 1.82) is 0 Å². The first-order chi connectivity index (χ1) is 8.29. The minimum atomic E-state index is -1.21. The predicted octanol–water partition coefficient (Wildman–Crippen LogP) is 1.42. The van der Waals surface area contributed by atoms with Gasteiger partial charge >= 0.3 is 0 Å². The van der Waals surface area contributed by atoms with E-state index in [1.54, 1.807) is 11.0 Å². The molecule has 0 unspecified atom stereocenters. The molecule has 0 atom stereocenters. The Morgan fingerprint density at radius 1 is 1.35 bits per heavy atom. The van der Waals surface area contributed by atoms with Gasteiger partial charge in [0, 0.05) is 12.1 Å². The first-order valence-electron chi connectivity index (χ1n) is 5.60. The number of rotatable bonds is 2. The summed E-state index contributed by atoms with van der Waals surface area (Å²) in [6, 6.07) is 7.56. The Hall–Kier alpha value is -1.65. The van der Waals surface area contributed by atoms with Gasteiger partial charge in [-0.1, -0.05) is 24.3 Å². The molecule has 88 valence electrons. The Morgan fingerprint density at radius 3 is 2.76 bits per heavy atom. The molecule has 0 aliphatic carbocycles. The second kappa shape index (κ2) is 3.68. The van der Waals surface area contributed by atoms with Crippen molar-refractivity contribution in [3.05, 3.63) is 42.5 Å². The summed E-state index contributed by atoms with van der Waals surface area (Å²) in [5, 5.41) is 0. The molecule has 0 saturated carbocycles. The predicted molar refractivity (Wildman–Crippen MR) is 62.6 cm³/mol. The lowest BCUT2D eigenvalue weighted by Gasteiger charge is -2.21. The lowest BCUT2D eigenvalue weighted by molar-refractivity contribution is -0.180. The molecule has 4 nitrogen and oxygen atoms in total. The van der Waals surface area contributed by atoms with Crippen LogP contribution in [0.2, 0.25) is 0 Å².